The first-order valence-corrected chi connectivity index (χ1v) is 8.50. The van der Waals surface area contributed by atoms with Gasteiger partial charge in [0.2, 0.25) is 0 Å². The van der Waals surface area contributed by atoms with Gasteiger partial charge < -0.3 is 3.28 Å². The van der Waals surface area contributed by atoms with Crippen LogP contribution >= 0.6 is 58.7 Å². The van der Waals surface area contributed by atoms with Crippen molar-refractivity contribution in [1.29, 1.82) is 0 Å². The van der Waals surface area contributed by atoms with E-state index in [0.29, 0.717) is 0 Å². The molecular formula is OS6. The fraction of sp³-hybridized carbons (Fsp3) is 0. The highest BCUT2D eigenvalue weighted by Crippen LogP contribution is 2.21. The third-order valence-electron chi connectivity index (χ3n) is 0.194. The summed E-state index contributed by atoms with van der Waals surface area (Å²) in [4.78, 5) is 0. The van der Waals surface area contributed by atoms with Gasteiger partial charge in [-0.1, -0.05) is 0 Å². The summed E-state index contributed by atoms with van der Waals surface area (Å²) in [6, 6.07) is 0. The van der Waals surface area contributed by atoms with Crippen LogP contribution in [-0.4, -0.2) is 0 Å². The second-order valence-electron chi connectivity index (χ2n) is 0.476. The molecule has 0 bridgehead atoms. The van der Waals surface area contributed by atoms with Crippen LogP contribution in [0.5, 0.6) is 0 Å². The molecule has 42 valence electrons. The Balaban J connectivity index is 3.06. The van der Waals surface area contributed by atoms with Crippen molar-refractivity contribution >= 4 is 58.7 Å². The number of hydrogen-bond donors (Lipinski definition) is 0. The van der Waals surface area contributed by atoms with Crippen molar-refractivity contribution in [1.82, 2.24) is 0 Å². The van der Waals surface area contributed by atoms with Crippen LogP contribution < -0.4 is 0 Å². The third-order valence-corrected chi connectivity index (χ3v) is 9.75. The molecule has 0 spiro atoms. The third kappa shape index (κ3) is 2.83. The van der Waals surface area contributed by atoms with E-state index < -0.39 is 0 Å². The Morgan fingerprint density at radius 1 is 0.714 bits per heavy atom. The van der Waals surface area contributed by atoms with Gasteiger partial charge in [-0.3, -0.25) is 0 Å². The van der Waals surface area contributed by atoms with E-state index in [4.69, 9.17) is 3.28 Å². The van der Waals surface area contributed by atoms with Crippen molar-refractivity contribution in [3.05, 3.63) is 0 Å². The van der Waals surface area contributed by atoms with E-state index >= 15 is 0 Å². The highest BCUT2D eigenvalue weighted by molar-refractivity contribution is 8.19. The van der Waals surface area contributed by atoms with Crippen LogP contribution in [0.15, 0.2) is 3.28 Å². The van der Waals surface area contributed by atoms with E-state index in [1.165, 1.54) is 21.3 Å². The highest BCUT2D eigenvalue weighted by atomic mass is 33.5. The van der Waals surface area contributed by atoms with Crippen molar-refractivity contribution in [3.8, 4) is 0 Å². The zero-order valence-corrected chi connectivity index (χ0v) is 7.76. The number of rotatable bonds is 0. The van der Waals surface area contributed by atoms with Crippen LogP contribution in [0.25, 0.3) is 0 Å². The largest absolute Gasteiger partial charge is 0.321 e. The lowest BCUT2D eigenvalue weighted by Crippen LogP contribution is -1.01. The summed E-state index contributed by atoms with van der Waals surface area (Å²) >= 11 is 0. The molecule has 0 radical (unpaired) electrons. The molecule has 0 aliphatic heterocycles. The van der Waals surface area contributed by atoms with E-state index in [2.05, 4.69) is 0 Å². The molecule has 0 aliphatic rings. The van der Waals surface area contributed by atoms with E-state index in [1.807, 2.05) is 0 Å². The monoisotopic (exact) mass is 208 g/mol. The molecule has 0 unspecified atom stereocenters. The van der Waals surface area contributed by atoms with E-state index in [9.17, 15) is 0 Å². The van der Waals surface area contributed by atoms with E-state index in [1.54, 1.807) is 37.4 Å². The van der Waals surface area contributed by atoms with Gasteiger partial charge in [0, 0.05) is 37.4 Å². The molecule has 0 N–H and O–H groups in total. The Hall–Kier alpha value is 1.12. The first kappa shape index (κ1) is 6.24. The lowest BCUT2D eigenvalue weighted by Gasteiger charge is -1.51. The lowest BCUT2D eigenvalue weighted by molar-refractivity contribution is 0.847. The summed E-state index contributed by atoms with van der Waals surface area (Å²) in [6.07, 6.45) is 0. The van der Waals surface area contributed by atoms with Gasteiger partial charge in [-0.25, -0.2) is 0 Å². The molecule has 1 heterocycles. The second-order valence-corrected chi connectivity index (χ2v) is 9.19. The Morgan fingerprint density at radius 2 is 1.29 bits per heavy atom. The maximum absolute atomic E-state index is 4.91. The van der Waals surface area contributed by atoms with Crippen LogP contribution in [0.2, 0.25) is 0 Å². The molecular weight excluding hydrogens is 208 g/mol. The Bertz CT molecular complexity index is 92.2. The quantitative estimate of drug-likeness (QED) is 0.589. The first-order valence-electron chi connectivity index (χ1n) is 1.17. The molecule has 1 rings (SSSR count). The summed E-state index contributed by atoms with van der Waals surface area (Å²) in [7, 11) is 9.59. The normalized spacial score (nSPS) is 8.00. The molecule has 0 aromatic carbocycles. The minimum absolute atomic E-state index is 1.42. The van der Waals surface area contributed by atoms with Crippen molar-refractivity contribution in [3.63, 3.8) is 0 Å². The molecule has 1 aromatic rings. The molecule has 0 saturated heterocycles. The molecule has 1 nitrogen and oxygen atoms in total. The fourth-order valence-electron chi connectivity index (χ4n) is 0.0794. The van der Waals surface area contributed by atoms with Gasteiger partial charge in [-0.15, -0.1) is 0 Å². The zero-order chi connectivity index (χ0) is 4.95. The molecule has 1 aromatic heterocycles. The van der Waals surface area contributed by atoms with Crippen LogP contribution in [0.3, 0.4) is 0 Å². The van der Waals surface area contributed by atoms with Gasteiger partial charge in [-0.05, 0) is 0 Å². The second kappa shape index (κ2) is 4.04. The first-order chi connectivity index (χ1) is 3.50. The van der Waals surface area contributed by atoms with E-state index in [-0.39, 0.29) is 0 Å². The zero-order valence-electron chi connectivity index (χ0n) is 2.86. The van der Waals surface area contributed by atoms with Gasteiger partial charge in [0.1, 0.15) is 21.3 Å². The Kier molecular flexibility index (Phi) is 3.61. The Morgan fingerprint density at radius 3 is 1.86 bits per heavy atom. The lowest BCUT2D eigenvalue weighted by atomic mass is 15.9. The van der Waals surface area contributed by atoms with Gasteiger partial charge in [0.25, 0.3) is 0 Å². The van der Waals surface area contributed by atoms with Crippen LogP contribution in [0, 0.1) is 0 Å². The molecule has 0 aliphatic carbocycles. The van der Waals surface area contributed by atoms with Crippen molar-refractivity contribution in [2.75, 3.05) is 0 Å². The predicted molar refractivity (Wildman–Crippen MR) is 41.2 cm³/mol. The van der Waals surface area contributed by atoms with Crippen LogP contribution in [0.1, 0.15) is 0 Å². The molecule has 7 heavy (non-hydrogen) atoms. The van der Waals surface area contributed by atoms with Gasteiger partial charge >= 0.3 is 0 Å². The Labute approximate surface area is 61.5 Å². The van der Waals surface area contributed by atoms with Crippen molar-refractivity contribution < 1.29 is 3.28 Å². The van der Waals surface area contributed by atoms with Gasteiger partial charge in [0.05, 0.1) is 0 Å². The smallest absolute Gasteiger partial charge is 0.132 e. The maximum Gasteiger partial charge on any atom is 0.132 e. The summed E-state index contributed by atoms with van der Waals surface area (Å²) in [6.45, 7) is 0. The molecule has 0 amide bonds. The summed E-state index contributed by atoms with van der Waals surface area (Å²) in [5, 5.41) is 0. The topological polar surface area (TPSA) is 13.1 Å². The minimum Gasteiger partial charge on any atom is -0.321 e. The van der Waals surface area contributed by atoms with Gasteiger partial charge in [-0.2, -0.15) is 0 Å². The van der Waals surface area contributed by atoms with Gasteiger partial charge in [0.15, 0.2) is 0 Å². The van der Waals surface area contributed by atoms with Crippen molar-refractivity contribution in [2.24, 2.45) is 0 Å². The molecule has 0 fully saturated rings. The summed E-state index contributed by atoms with van der Waals surface area (Å²) < 4.78 is 4.91. The molecule has 0 saturated carbocycles. The fourth-order valence-corrected chi connectivity index (χ4v) is 10.1. The standard InChI is InChI=1S/OS6/c1-2-4-6-7-5-3-1. The van der Waals surface area contributed by atoms with Crippen molar-refractivity contribution in [2.45, 2.75) is 0 Å². The molecule has 7 heteroatoms. The van der Waals surface area contributed by atoms with E-state index in [0.717, 1.165) is 0 Å². The van der Waals surface area contributed by atoms with Crippen LogP contribution in [0.4, 0.5) is 0 Å². The average Bonchev–Trinajstić information content (AvgIpc) is 1.90. The SMILES string of the molecule is o1ssssss1. The maximum atomic E-state index is 4.91. The van der Waals surface area contributed by atoms with Crippen LogP contribution in [-0.2, 0) is 0 Å². The molecule has 0 atom stereocenters. The number of hydrogen-bond acceptors (Lipinski definition) is 7. The predicted octanol–water partition coefficient (Wildman–Crippen LogP) is 3.90. The summed E-state index contributed by atoms with van der Waals surface area (Å²) in [5.41, 5.74) is 0. The highest BCUT2D eigenvalue weighted by Gasteiger charge is 1.64. The average molecular weight is 208 g/mol. The summed E-state index contributed by atoms with van der Waals surface area (Å²) in [5.74, 6) is 0. The minimum atomic E-state index is 1.42.